The molecule has 0 radical (unpaired) electrons. The van der Waals surface area contributed by atoms with E-state index in [0.717, 1.165) is 22.2 Å². The molecule has 1 aliphatic heterocycles. The summed E-state index contributed by atoms with van der Waals surface area (Å²) in [4.78, 5) is 17.6. The van der Waals surface area contributed by atoms with E-state index in [9.17, 15) is 4.79 Å². The fourth-order valence-electron chi connectivity index (χ4n) is 3.20. The van der Waals surface area contributed by atoms with Gasteiger partial charge in [0.2, 0.25) is 0 Å². The first-order valence-electron chi connectivity index (χ1n) is 8.65. The Labute approximate surface area is 172 Å². The highest BCUT2D eigenvalue weighted by Gasteiger charge is 2.25. The third kappa shape index (κ3) is 3.30. The third-order valence-corrected chi connectivity index (χ3v) is 5.88. The molecule has 5 nitrogen and oxygen atoms in total. The largest absolute Gasteiger partial charge is 0.494 e. The standard InChI is InChI=1S/C21H18ClN3O2S/c1-12-15(14-6-4-5-7-17(14)25(12)2)11-19-20(26)24-21(28-19)23-16-10-13(22)8-9-18(16)27-3/h4-11H,1-3H3,(H,23,24,26)/b19-11-. The molecule has 1 N–H and O–H groups in total. The first-order valence-corrected chi connectivity index (χ1v) is 9.84. The molecule has 0 atom stereocenters. The van der Waals surface area contributed by atoms with Gasteiger partial charge in [-0.05, 0) is 49.0 Å². The summed E-state index contributed by atoms with van der Waals surface area (Å²) < 4.78 is 7.45. The average molecular weight is 412 g/mol. The predicted molar refractivity (Wildman–Crippen MR) is 116 cm³/mol. The lowest BCUT2D eigenvalue weighted by molar-refractivity contribution is -0.115. The highest BCUT2D eigenvalue weighted by atomic mass is 35.5. The minimum Gasteiger partial charge on any atom is -0.494 e. The molecule has 7 heteroatoms. The minimum absolute atomic E-state index is 0.169. The average Bonchev–Trinajstić information content (AvgIpc) is 3.14. The van der Waals surface area contributed by atoms with E-state index < -0.39 is 0 Å². The van der Waals surface area contributed by atoms with E-state index in [-0.39, 0.29) is 5.91 Å². The van der Waals surface area contributed by atoms with Gasteiger partial charge in [0.05, 0.1) is 12.0 Å². The first-order chi connectivity index (χ1) is 13.5. The molecule has 1 amide bonds. The van der Waals surface area contributed by atoms with Crippen LogP contribution in [-0.4, -0.2) is 22.8 Å². The van der Waals surface area contributed by atoms with Crippen LogP contribution < -0.4 is 10.1 Å². The lowest BCUT2D eigenvalue weighted by Crippen LogP contribution is -2.19. The van der Waals surface area contributed by atoms with Crippen LogP contribution in [0.5, 0.6) is 5.75 Å². The first kappa shape index (κ1) is 18.7. The van der Waals surface area contributed by atoms with Gasteiger partial charge in [-0.15, -0.1) is 0 Å². The summed E-state index contributed by atoms with van der Waals surface area (Å²) in [6, 6.07) is 13.3. The zero-order chi connectivity index (χ0) is 19.8. The number of aromatic nitrogens is 1. The number of benzene rings is 2. The number of aliphatic imine (C=N–C) groups is 1. The third-order valence-electron chi connectivity index (χ3n) is 4.74. The second kappa shape index (κ2) is 7.37. The van der Waals surface area contributed by atoms with E-state index in [2.05, 4.69) is 33.9 Å². The van der Waals surface area contributed by atoms with E-state index in [0.29, 0.717) is 26.5 Å². The quantitative estimate of drug-likeness (QED) is 0.614. The lowest BCUT2D eigenvalue weighted by atomic mass is 10.1. The molecule has 1 aliphatic rings. The topological polar surface area (TPSA) is 55.6 Å². The van der Waals surface area contributed by atoms with Crippen molar-refractivity contribution in [1.29, 1.82) is 0 Å². The summed E-state index contributed by atoms with van der Waals surface area (Å²) in [6.45, 7) is 2.05. The van der Waals surface area contributed by atoms with Gasteiger partial charge in [0.25, 0.3) is 5.91 Å². The van der Waals surface area contributed by atoms with E-state index >= 15 is 0 Å². The molecule has 1 fully saturated rings. The number of hydrogen-bond donors (Lipinski definition) is 1. The number of thioether (sulfide) groups is 1. The number of nitrogens with one attached hydrogen (secondary N) is 1. The Kier molecular flexibility index (Phi) is 4.91. The minimum atomic E-state index is -0.169. The highest BCUT2D eigenvalue weighted by molar-refractivity contribution is 8.18. The molecular formula is C21H18ClN3O2S. The van der Waals surface area contributed by atoms with Crippen molar-refractivity contribution in [3.05, 3.63) is 63.6 Å². The Balaban J connectivity index is 1.72. The molecule has 0 spiro atoms. The maximum atomic E-state index is 12.5. The number of halogens is 1. The van der Waals surface area contributed by atoms with Crippen molar-refractivity contribution in [1.82, 2.24) is 9.88 Å². The van der Waals surface area contributed by atoms with Crippen LogP contribution in [0, 0.1) is 6.92 Å². The molecule has 0 unspecified atom stereocenters. The molecule has 1 saturated heterocycles. The second-order valence-corrected chi connectivity index (χ2v) is 7.84. The normalized spacial score (nSPS) is 16.9. The molecule has 4 rings (SSSR count). The number of fused-ring (bicyclic) bond motifs is 1. The van der Waals surface area contributed by atoms with Crippen molar-refractivity contribution < 1.29 is 9.53 Å². The van der Waals surface area contributed by atoms with Gasteiger partial charge >= 0.3 is 0 Å². The van der Waals surface area contributed by atoms with Gasteiger partial charge < -0.3 is 14.6 Å². The van der Waals surface area contributed by atoms with Crippen LogP contribution in [0.15, 0.2) is 52.4 Å². The molecule has 0 saturated carbocycles. The number of amidine groups is 1. The molecule has 1 aromatic heterocycles. The van der Waals surface area contributed by atoms with Crippen molar-refractivity contribution >= 4 is 57.1 Å². The van der Waals surface area contributed by atoms with Gasteiger partial charge in [0.1, 0.15) is 11.4 Å². The van der Waals surface area contributed by atoms with Gasteiger partial charge in [-0.2, -0.15) is 0 Å². The number of amides is 1. The Morgan fingerprint density at radius 3 is 2.82 bits per heavy atom. The van der Waals surface area contributed by atoms with Gasteiger partial charge in [-0.1, -0.05) is 29.8 Å². The summed E-state index contributed by atoms with van der Waals surface area (Å²) in [7, 11) is 3.60. The van der Waals surface area contributed by atoms with Crippen LogP contribution in [0.25, 0.3) is 17.0 Å². The van der Waals surface area contributed by atoms with Crippen molar-refractivity contribution in [3.8, 4) is 5.75 Å². The van der Waals surface area contributed by atoms with Crippen LogP contribution in [0.2, 0.25) is 5.02 Å². The van der Waals surface area contributed by atoms with E-state index in [1.165, 1.54) is 11.8 Å². The second-order valence-electron chi connectivity index (χ2n) is 6.37. The molecular weight excluding hydrogens is 394 g/mol. The molecule has 28 heavy (non-hydrogen) atoms. The Morgan fingerprint density at radius 1 is 1.25 bits per heavy atom. The van der Waals surface area contributed by atoms with Crippen LogP contribution in [0.4, 0.5) is 5.69 Å². The molecule has 3 aromatic rings. The summed E-state index contributed by atoms with van der Waals surface area (Å²) >= 11 is 7.37. The van der Waals surface area contributed by atoms with Crippen LogP contribution in [0.1, 0.15) is 11.3 Å². The Hall–Kier alpha value is -2.70. The Morgan fingerprint density at radius 2 is 2.04 bits per heavy atom. The molecule has 0 aliphatic carbocycles. The Bertz CT molecular complexity index is 1160. The summed E-state index contributed by atoms with van der Waals surface area (Å²) in [5, 5.41) is 4.98. The number of para-hydroxylation sites is 1. The number of hydrogen-bond acceptors (Lipinski definition) is 4. The molecule has 2 aromatic carbocycles. The van der Waals surface area contributed by atoms with Gasteiger partial charge in [-0.3, -0.25) is 4.79 Å². The number of carbonyl (C=O) groups is 1. The summed E-state index contributed by atoms with van der Waals surface area (Å²) in [5.41, 5.74) is 3.84. The molecule has 0 bridgehead atoms. The fourth-order valence-corrected chi connectivity index (χ4v) is 4.19. The monoisotopic (exact) mass is 411 g/mol. The molecule has 2 heterocycles. The van der Waals surface area contributed by atoms with Crippen LogP contribution in [0.3, 0.4) is 0 Å². The van der Waals surface area contributed by atoms with Crippen LogP contribution >= 0.6 is 23.4 Å². The zero-order valence-electron chi connectivity index (χ0n) is 15.6. The fraction of sp³-hybridized carbons (Fsp3) is 0.143. The van der Waals surface area contributed by atoms with Crippen molar-refractivity contribution in [2.75, 3.05) is 7.11 Å². The van der Waals surface area contributed by atoms with E-state index in [1.54, 1.807) is 25.3 Å². The van der Waals surface area contributed by atoms with Crippen molar-refractivity contribution in [3.63, 3.8) is 0 Å². The number of aryl methyl sites for hydroxylation is 1. The predicted octanol–water partition coefficient (Wildman–Crippen LogP) is 5.04. The van der Waals surface area contributed by atoms with Crippen molar-refractivity contribution in [2.45, 2.75) is 6.92 Å². The smallest absolute Gasteiger partial charge is 0.264 e. The number of carbonyl (C=O) groups excluding carboxylic acids is 1. The zero-order valence-corrected chi connectivity index (χ0v) is 17.2. The number of rotatable bonds is 3. The maximum Gasteiger partial charge on any atom is 0.264 e. The number of methoxy groups -OCH3 is 1. The highest BCUT2D eigenvalue weighted by Crippen LogP contribution is 2.35. The van der Waals surface area contributed by atoms with Gasteiger partial charge in [-0.25, -0.2) is 4.99 Å². The van der Waals surface area contributed by atoms with Crippen LogP contribution in [-0.2, 0) is 11.8 Å². The maximum absolute atomic E-state index is 12.5. The summed E-state index contributed by atoms with van der Waals surface area (Å²) in [6.07, 6.45) is 1.93. The summed E-state index contributed by atoms with van der Waals surface area (Å²) in [5.74, 6) is 0.422. The van der Waals surface area contributed by atoms with Gasteiger partial charge in [0.15, 0.2) is 5.17 Å². The SMILES string of the molecule is COc1ccc(Cl)cc1N=C1NC(=O)/C(=C/c2c(C)n(C)c3ccccc23)S1. The lowest BCUT2D eigenvalue weighted by Gasteiger charge is -2.05. The number of nitrogens with zero attached hydrogens (tertiary/aromatic N) is 2. The van der Waals surface area contributed by atoms with Crippen molar-refractivity contribution in [2.24, 2.45) is 12.0 Å². The van der Waals surface area contributed by atoms with Gasteiger partial charge in [0, 0.05) is 34.2 Å². The number of ether oxygens (including phenoxy) is 1. The van der Waals surface area contributed by atoms with E-state index in [4.69, 9.17) is 16.3 Å². The van der Waals surface area contributed by atoms with E-state index in [1.807, 2.05) is 25.3 Å². The molecule has 142 valence electrons.